The van der Waals surface area contributed by atoms with Gasteiger partial charge in [0.1, 0.15) is 0 Å². The number of anilines is 1. The van der Waals surface area contributed by atoms with Crippen molar-refractivity contribution in [2.75, 3.05) is 44.3 Å². The molecule has 1 aliphatic rings. The van der Waals surface area contributed by atoms with Crippen LogP contribution in [0.3, 0.4) is 0 Å². The Morgan fingerprint density at radius 1 is 1.19 bits per heavy atom. The number of hydrogen-bond donors (Lipinski definition) is 0. The van der Waals surface area contributed by atoms with Gasteiger partial charge in [0.15, 0.2) is 5.13 Å². The molecule has 1 aliphatic heterocycles. The number of carbonyl (C=O) groups excluding carboxylic acids is 1. The molecule has 1 amide bonds. The summed E-state index contributed by atoms with van der Waals surface area (Å²) in [5, 5.41) is 1.43. The summed E-state index contributed by atoms with van der Waals surface area (Å²) in [6.07, 6.45) is 0.881. The van der Waals surface area contributed by atoms with Crippen molar-refractivity contribution < 1.29 is 9.53 Å². The number of aromatic nitrogens is 1. The quantitative estimate of drug-likeness (QED) is 0.443. The van der Waals surface area contributed by atoms with Crippen LogP contribution in [0.15, 0.2) is 30.3 Å². The first-order valence-electron chi connectivity index (χ1n) is 10.7. The SMILES string of the molecule is Cc1ccc(C)c(C(=O)N(CCCN2CCOCC2)c2nc3c(C)c(Cl)ccc3s2)c1.Cl. The van der Waals surface area contributed by atoms with Crippen LogP contribution in [0.5, 0.6) is 0 Å². The number of rotatable bonds is 6. The largest absolute Gasteiger partial charge is 0.379 e. The van der Waals surface area contributed by atoms with Crippen molar-refractivity contribution in [3.05, 3.63) is 57.6 Å². The minimum Gasteiger partial charge on any atom is -0.379 e. The molecule has 0 bridgehead atoms. The fourth-order valence-corrected chi connectivity index (χ4v) is 5.08. The molecule has 0 radical (unpaired) electrons. The molecule has 32 heavy (non-hydrogen) atoms. The van der Waals surface area contributed by atoms with Crippen LogP contribution in [-0.4, -0.2) is 55.2 Å². The van der Waals surface area contributed by atoms with Gasteiger partial charge in [0, 0.05) is 36.8 Å². The summed E-state index contributed by atoms with van der Waals surface area (Å²) in [5.74, 6) is 0.00554. The zero-order valence-electron chi connectivity index (χ0n) is 18.7. The normalized spacial score (nSPS) is 14.4. The molecule has 0 N–H and O–H groups in total. The standard InChI is InChI=1S/C24H28ClN3O2S.ClH/c1-16-5-6-17(2)19(15-16)23(29)28(10-4-9-27-11-13-30-14-12-27)24-26-22-18(3)20(25)7-8-21(22)31-24;/h5-8,15H,4,9-14H2,1-3H3;1H. The number of morpholine rings is 1. The van der Waals surface area contributed by atoms with Gasteiger partial charge >= 0.3 is 0 Å². The van der Waals surface area contributed by atoms with Crippen molar-refractivity contribution in [2.24, 2.45) is 0 Å². The van der Waals surface area contributed by atoms with Crippen molar-refractivity contribution in [3.63, 3.8) is 0 Å². The van der Waals surface area contributed by atoms with Gasteiger partial charge in [-0.3, -0.25) is 14.6 Å². The number of thiazole rings is 1. The van der Waals surface area contributed by atoms with E-state index in [1.807, 2.05) is 56.0 Å². The zero-order valence-corrected chi connectivity index (χ0v) is 21.1. The molecule has 5 nitrogen and oxygen atoms in total. The van der Waals surface area contributed by atoms with Crippen molar-refractivity contribution in [2.45, 2.75) is 27.2 Å². The average molecular weight is 494 g/mol. The highest BCUT2D eigenvalue weighted by atomic mass is 35.5. The van der Waals surface area contributed by atoms with Crippen LogP contribution in [0, 0.1) is 20.8 Å². The van der Waals surface area contributed by atoms with Gasteiger partial charge in [0.25, 0.3) is 5.91 Å². The van der Waals surface area contributed by atoms with Gasteiger partial charge in [-0.25, -0.2) is 4.98 Å². The molecule has 0 atom stereocenters. The molecule has 8 heteroatoms. The van der Waals surface area contributed by atoms with Crippen molar-refractivity contribution in [1.82, 2.24) is 9.88 Å². The molecule has 3 aromatic rings. The van der Waals surface area contributed by atoms with Gasteiger partial charge in [0.05, 0.1) is 23.4 Å². The first kappa shape index (κ1) is 24.9. The lowest BCUT2D eigenvalue weighted by Crippen LogP contribution is -2.39. The molecule has 2 aromatic carbocycles. The Balaban J connectivity index is 0.00000289. The third kappa shape index (κ3) is 5.43. The van der Waals surface area contributed by atoms with E-state index in [1.54, 1.807) is 11.3 Å². The Bertz CT molecular complexity index is 1100. The molecule has 172 valence electrons. The van der Waals surface area contributed by atoms with Crippen LogP contribution in [0.4, 0.5) is 5.13 Å². The highest BCUT2D eigenvalue weighted by Gasteiger charge is 2.24. The Morgan fingerprint density at radius 3 is 2.69 bits per heavy atom. The summed E-state index contributed by atoms with van der Waals surface area (Å²) >= 11 is 7.86. The number of hydrogen-bond acceptors (Lipinski definition) is 5. The highest BCUT2D eigenvalue weighted by Crippen LogP contribution is 2.34. The van der Waals surface area contributed by atoms with E-state index in [1.165, 1.54) is 0 Å². The molecule has 1 fully saturated rings. The van der Waals surface area contributed by atoms with E-state index in [9.17, 15) is 4.79 Å². The minimum atomic E-state index is 0. The maximum Gasteiger partial charge on any atom is 0.260 e. The van der Waals surface area contributed by atoms with E-state index in [2.05, 4.69) is 4.90 Å². The van der Waals surface area contributed by atoms with Gasteiger partial charge in [0.2, 0.25) is 0 Å². The van der Waals surface area contributed by atoms with Gasteiger partial charge in [-0.1, -0.05) is 40.6 Å². The number of aryl methyl sites for hydroxylation is 3. The van der Waals surface area contributed by atoms with Crippen LogP contribution in [-0.2, 0) is 4.74 Å². The fraction of sp³-hybridized carbons (Fsp3) is 0.417. The first-order chi connectivity index (χ1) is 14.9. The number of nitrogens with zero attached hydrogens (tertiary/aromatic N) is 3. The molecule has 2 heterocycles. The Kier molecular flexibility index (Phi) is 8.53. The Hall–Kier alpha value is -1.70. The highest BCUT2D eigenvalue weighted by molar-refractivity contribution is 7.22. The maximum absolute atomic E-state index is 13.7. The molecule has 1 aromatic heterocycles. The van der Waals surface area contributed by atoms with Gasteiger partial charge in [-0.15, -0.1) is 12.4 Å². The fourth-order valence-electron chi connectivity index (χ4n) is 3.88. The Morgan fingerprint density at radius 2 is 1.94 bits per heavy atom. The molecular formula is C24H29Cl2N3O2S. The van der Waals surface area contributed by atoms with Crippen molar-refractivity contribution in [1.29, 1.82) is 0 Å². The zero-order chi connectivity index (χ0) is 22.0. The second-order valence-corrected chi connectivity index (χ2v) is 9.51. The predicted octanol–water partition coefficient (Wildman–Crippen LogP) is 5.67. The third-order valence-corrected chi connectivity index (χ3v) is 7.25. The number of halogens is 2. The second-order valence-electron chi connectivity index (χ2n) is 8.10. The Labute approximate surface area is 204 Å². The third-order valence-electron chi connectivity index (χ3n) is 5.80. The van der Waals surface area contributed by atoms with E-state index in [4.69, 9.17) is 21.3 Å². The summed E-state index contributed by atoms with van der Waals surface area (Å²) in [5.41, 5.74) is 4.62. The summed E-state index contributed by atoms with van der Waals surface area (Å²) in [6, 6.07) is 9.91. The van der Waals surface area contributed by atoms with Crippen LogP contribution in [0.25, 0.3) is 10.2 Å². The molecule has 0 unspecified atom stereocenters. The molecule has 4 rings (SSSR count). The number of benzene rings is 2. The number of ether oxygens (including phenoxy) is 1. The maximum atomic E-state index is 13.7. The molecule has 0 saturated carbocycles. The first-order valence-corrected chi connectivity index (χ1v) is 11.9. The molecule has 0 aliphatic carbocycles. The lowest BCUT2D eigenvalue weighted by atomic mass is 10.0. The smallest absolute Gasteiger partial charge is 0.260 e. The van der Waals surface area contributed by atoms with Gasteiger partial charge in [-0.05, 0) is 56.5 Å². The minimum absolute atomic E-state index is 0. The number of amides is 1. The molecule has 1 saturated heterocycles. The second kappa shape index (κ2) is 10.9. The monoisotopic (exact) mass is 493 g/mol. The van der Waals surface area contributed by atoms with Crippen LogP contribution in [0.1, 0.15) is 33.5 Å². The number of carbonyl (C=O) groups is 1. The lowest BCUT2D eigenvalue weighted by molar-refractivity contribution is 0.0376. The van der Waals surface area contributed by atoms with E-state index < -0.39 is 0 Å². The summed E-state index contributed by atoms with van der Waals surface area (Å²) in [6.45, 7) is 11.0. The van der Waals surface area contributed by atoms with Crippen LogP contribution in [0.2, 0.25) is 5.02 Å². The topological polar surface area (TPSA) is 45.7 Å². The van der Waals surface area contributed by atoms with E-state index in [0.717, 1.165) is 76.9 Å². The summed E-state index contributed by atoms with van der Waals surface area (Å²) in [7, 11) is 0. The van der Waals surface area contributed by atoms with E-state index >= 15 is 0 Å². The van der Waals surface area contributed by atoms with Crippen LogP contribution >= 0.6 is 35.3 Å². The van der Waals surface area contributed by atoms with Gasteiger partial charge in [-0.2, -0.15) is 0 Å². The van der Waals surface area contributed by atoms with Gasteiger partial charge < -0.3 is 4.74 Å². The van der Waals surface area contributed by atoms with Crippen molar-refractivity contribution in [3.8, 4) is 0 Å². The predicted molar refractivity (Wildman–Crippen MR) is 136 cm³/mol. The van der Waals surface area contributed by atoms with Crippen LogP contribution < -0.4 is 4.90 Å². The lowest BCUT2D eigenvalue weighted by Gasteiger charge is -2.28. The van der Waals surface area contributed by atoms with E-state index in [0.29, 0.717) is 11.6 Å². The number of fused-ring (bicyclic) bond motifs is 1. The average Bonchev–Trinajstić information content (AvgIpc) is 3.20. The van der Waals surface area contributed by atoms with Crippen molar-refractivity contribution >= 4 is 56.6 Å². The summed E-state index contributed by atoms with van der Waals surface area (Å²) in [4.78, 5) is 22.7. The molecule has 0 spiro atoms. The van der Waals surface area contributed by atoms with E-state index in [-0.39, 0.29) is 18.3 Å². The summed E-state index contributed by atoms with van der Waals surface area (Å²) < 4.78 is 6.49. The molecular weight excluding hydrogens is 465 g/mol.